The molecule has 1 aromatic heterocycles. The molecule has 0 amide bonds. The van der Waals surface area contributed by atoms with E-state index in [2.05, 4.69) is 48.8 Å². The molecule has 0 saturated heterocycles. The van der Waals surface area contributed by atoms with Crippen LogP contribution in [-0.4, -0.2) is 37.2 Å². The number of aromatic nitrogens is 1. The number of benzene rings is 1. The van der Waals surface area contributed by atoms with E-state index in [0.29, 0.717) is 0 Å². The van der Waals surface area contributed by atoms with Crippen LogP contribution in [0.4, 0.5) is 0 Å². The molecule has 1 aliphatic rings. The molecule has 0 radical (unpaired) electrons. The third-order valence-corrected chi connectivity index (χ3v) is 4.24. The third-order valence-electron chi connectivity index (χ3n) is 4.24. The molecule has 1 heterocycles. The average Bonchev–Trinajstić information content (AvgIpc) is 2.89. The first kappa shape index (κ1) is 15.2. The summed E-state index contributed by atoms with van der Waals surface area (Å²) in [7, 11) is 8.24. The van der Waals surface area contributed by atoms with E-state index in [9.17, 15) is 0 Å². The van der Waals surface area contributed by atoms with Gasteiger partial charge in [0.05, 0.1) is 7.11 Å². The van der Waals surface area contributed by atoms with Gasteiger partial charge in [-0.2, -0.15) is 0 Å². The summed E-state index contributed by atoms with van der Waals surface area (Å²) in [6, 6.07) is 6.41. The fraction of sp³-hybridized carbons (Fsp3) is 0.500. The number of aryl methyl sites for hydroxylation is 1. The first-order valence-corrected chi connectivity index (χ1v) is 6.89. The maximum Gasteiger partial charge on any atom is 0.119 e. The molecule has 0 saturated carbocycles. The van der Waals surface area contributed by atoms with E-state index < -0.39 is 0 Å². The van der Waals surface area contributed by atoms with E-state index >= 15 is 0 Å². The fourth-order valence-electron chi connectivity index (χ4n) is 3.45. The van der Waals surface area contributed by atoms with Crippen molar-refractivity contribution in [3.8, 4) is 5.75 Å². The highest BCUT2D eigenvalue weighted by Gasteiger charge is 2.27. The van der Waals surface area contributed by atoms with Crippen molar-refractivity contribution in [1.82, 2.24) is 9.47 Å². The van der Waals surface area contributed by atoms with Crippen molar-refractivity contribution in [3.05, 3.63) is 29.5 Å². The van der Waals surface area contributed by atoms with Crippen LogP contribution in [0.1, 0.15) is 11.3 Å². The molecule has 0 N–H and O–H groups in total. The largest absolute Gasteiger partial charge is 0.497 e. The molecule has 2 aromatic rings. The lowest BCUT2D eigenvalue weighted by molar-refractivity contribution is 0.330. The van der Waals surface area contributed by atoms with Crippen molar-refractivity contribution in [2.45, 2.75) is 12.8 Å². The van der Waals surface area contributed by atoms with E-state index in [1.807, 2.05) is 0 Å². The Bertz CT molecular complexity index is 618. The van der Waals surface area contributed by atoms with Gasteiger partial charge in [-0.15, -0.1) is 12.4 Å². The van der Waals surface area contributed by atoms with Gasteiger partial charge in [0.25, 0.3) is 0 Å². The van der Waals surface area contributed by atoms with Gasteiger partial charge in [-0.25, -0.2) is 0 Å². The number of fused-ring (bicyclic) bond motifs is 3. The molecule has 1 unspecified atom stereocenters. The maximum atomic E-state index is 5.37. The Kier molecular flexibility index (Phi) is 4.31. The van der Waals surface area contributed by atoms with Gasteiger partial charge < -0.3 is 14.2 Å². The standard InChI is InChI=1S/C16H22N2O.ClH/c1-17(2)10-11-7-13-14-9-12(19-4)5-6-15(14)18(3)16(13)8-11;/h5-6,9,11H,7-8,10H2,1-4H3;1H. The van der Waals surface area contributed by atoms with Crippen LogP contribution in [0.25, 0.3) is 10.9 Å². The maximum absolute atomic E-state index is 5.37. The van der Waals surface area contributed by atoms with Crippen molar-refractivity contribution in [1.29, 1.82) is 0 Å². The molecule has 0 spiro atoms. The van der Waals surface area contributed by atoms with Crippen LogP contribution < -0.4 is 4.74 Å². The summed E-state index contributed by atoms with van der Waals surface area (Å²) in [6.45, 7) is 1.17. The first-order valence-electron chi connectivity index (χ1n) is 6.89. The van der Waals surface area contributed by atoms with E-state index in [0.717, 1.165) is 11.7 Å². The molecule has 110 valence electrons. The van der Waals surface area contributed by atoms with Crippen LogP contribution in [0.3, 0.4) is 0 Å². The van der Waals surface area contributed by atoms with Crippen molar-refractivity contribution in [2.75, 3.05) is 27.7 Å². The van der Waals surface area contributed by atoms with Crippen LogP contribution in [-0.2, 0) is 19.9 Å². The zero-order chi connectivity index (χ0) is 13.6. The molecule has 3 nitrogen and oxygen atoms in total. The first-order chi connectivity index (χ1) is 9.10. The van der Waals surface area contributed by atoms with Crippen molar-refractivity contribution >= 4 is 23.3 Å². The second-order valence-corrected chi connectivity index (χ2v) is 5.90. The minimum atomic E-state index is 0. The monoisotopic (exact) mass is 294 g/mol. The van der Waals surface area contributed by atoms with Gasteiger partial charge in [0.2, 0.25) is 0 Å². The zero-order valence-electron chi connectivity index (χ0n) is 12.6. The lowest BCUT2D eigenvalue weighted by atomic mass is 10.0. The molecule has 1 aromatic carbocycles. The summed E-state index contributed by atoms with van der Waals surface area (Å²) in [5, 5.41) is 1.37. The summed E-state index contributed by atoms with van der Waals surface area (Å²) in [5.41, 5.74) is 4.37. The molecule has 0 fully saturated rings. The molecule has 3 rings (SSSR count). The zero-order valence-corrected chi connectivity index (χ0v) is 13.5. The molecular weight excluding hydrogens is 272 g/mol. The second-order valence-electron chi connectivity index (χ2n) is 5.90. The van der Waals surface area contributed by atoms with Gasteiger partial charge in [0.1, 0.15) is 5.75 Å². The summed E-state index contributed by atoms with van der Waals surface area (Å²) in [6.07, 6.45) is 2.39. The Hall–Kier alpha value is -1.19. The van der Waals surface area contributed by atoms with E-state index in [1.54, 1.807) is 7.11 Å². The quantitative estimate of drug-likeness (QED) is 0.866. The van der Waals surface area contributed by atoms with Crippen molar-refractivity contribution in [3.63, 3.8) is 0 Å². The number of methoxy groups -OCH3 is 1. The Balaban J connectivity index is 0.00000147. The minimum Gasteiger partial charge on any atom is -0.497 e. The Morgan fingerprint density at radius 2 is 2.05 bits per heavy atom. The van der Waals surface area contributed by atoms with Gasteiger partial charge in [-0.05, 0) is 56.6 Å². The number of ether oxygens (including phenoxy) is 1. The van der Waals surface area contributed by atoms with E-state index in [1.165, 1.54) is 41.5 Å². The fourth-order valence-corrected chi connectivity index (χ4v) is 3.45. The molecular formula is C16H23ClN2O. The SMILES string of the molecule is COc1ccc2c(c1)c1c(n2C)CC(CN(C)C)C1.Cl. The number of hydrogen-bond acceptors (Lipinski definition) is 2. The predicted molar refractivity (Wildman–Crippen MR) is 86.2 cm³/mol. The second kappa shape index (κ2) is 5.66. The van der Waals surface area contributed by atoms with Crippen LogP contribution >= 0.6 is 12.4 Å². The third kappa shape index (κ3) is 2.40. The van der Waals surface area contributed by atoms with Crippen LogP contribution in [0.5, 0.6) is 5.75 Å². The summed E-state index contributed by atoms with van der Waals surface area (Å²) >= 11 is 0. The van der Waals surface area contributed by atoms with Gasteiger partial charge in [-0.3, -0.25) is 0 Å². The number of halogens is 1. The highest BCUT2D eigenvalue weighted by atomic mass is 35.5. The Morgan fingerprint density at radius 3 is 2.70 bits per heavy atom. The number of nitrogens with zero attached hydrogens (tertiary/aromatic N) is 2. The normalized spacial score (nSPS) is 17.4. The molecule has 20 heavy (non-hydrogen) atoms. The summed E-state index contributed by atoms with van der Waals surface area (Å²) < 4.78 is 7.73. The topological polar surface area (TPSA) is 17.4 Å². The van der Waals surface area contributed by atoms with Gasteiger partial charge in [0, 0.05) is 30.2 Å². The van der Waals surface area contributed by atoms with E-state index in [-0.39, 0.29) is 12.4 Å². The highest BCUT2D eigenvalue weighted by Crippen LogP contribution is 2.36. The molecule has 1 atom stereocenters. The highest BCUT2D eigenvalue weighted by molar-refractivity contribution is 5.87. The van der Waals surface area contributed by atoms with Crippen molar-refractivity contribution < 1.29 is 4.74 Å². The van der Waals surface area contributed by atoms with Gasteiger partial charge in [0.15, 0.2) is 0 Å². The lowest BCUT2D eigenvalue weighted by Crippen LogP contribution is -2.22. The molecule has 1 aliphatic carbocycles. The van der Waals surface area contributed by atoms with Gasteiger partial charge >= 0.3 is 0 Å². The average molecular weight is 295 g/mol. The van der Waals surface area contributed by atoms with Crippen LogP contribution in [0.2, 0.25) is 0 Å². The number of rotatable bonds is 3. The van der Waals surface area contributed by atoms with E-state index in [4.69, 9.17) is 4.74 Å². The molecule has 0 aliphatic heterocycles. The van der Waals surface area contributed by atoms with Crippen LogP contribution in [0.15, 0.2) is 18.2 Å². The van der Waals surface area contributed by atoms with Crippen LogP contribution in [0, 0.1) is 5.92 Å². The Morgan fingerprint density at radius 1 is 1.30 bits per heavy atom. The minimum absolute atomic E-state index is 0. The smallest absolute Gasteiger partial charge is 0.119 e. The summed E-state index contributed by atoms with van der Waals surface area (Å²) in [5.74, 6) is 1.71. The lowest BCUT2D eigenvalue weighted by Gasteiger charge is -2.16. The molecule has 4 heteroatoms. The summed E-state index contributed by atoms with van der Waals surface area (Å²) in [4.78, 5) is 2.29. The molecule has 0 bridgehead atoms. The van der Waals surface area contributed by atoms with Crippen molar-refractivity contribution in [2.24, 2.45) is 13.0 Å². The van der Waals surface area contributed by atoms with Gasteiger partial charge in [-0.1, -0.05) is 0 Å². The Labute approximate surface area is 126 Å². The number of hydrogen-bond donors (Lipinski definition) is 0. The predicted octanol–water partition coefficient (Wildman–Crippen LogP) is 2.89.